The number of piperazine rings is 1. The van der Waals surface area contributed by atoms with Gasteiger partial charge in [-0.1, -0.05) is 49.1 Å². The lowest BCUT2D eigenvalue weighted by Crippen LogP contribution is -2.52. The molecule has 0 spiro atoms. The van der Waals surface area contributed by atoms with Crippen molar-refractivity contribution in [2.45, 2.75) is 45.1 Å². The molecule has 5 nitrogen and oxygen atoms in total. The summed E-state index contributed by atoms with van der Waals surface area (Å²) in [7, 11) is 0. The fourth-order valence-electron chi connectivity index (χ4n) is 4.21. The summed E-state index contributed by atoms with van der Waals surface area (Å²) >= 11 is 0. The Morgan fingerprint density at radius 1 is 1.04 bits per heavy atom. The Kier molecular flexibility index (Phi) is 5.07. The maximum atomic E-state index is 12.8. The van der Waals surface area contributed by atoms with Gasteiger partial charge in [-0.25, -0.2) is 0 Å². The number of carbonyl (C=O) groups is 1. The molecule has 1 saturated heterocycles. The van der Waals surface area contributed by atoms with Crippen LogP contribution in [0.3, 0.4) is 0 Å². The number of benzene rings is 1. The first kappa shape index (κ1) is 17.3. The van der Waals surface area contributed by atoms with Gasteiger partial charge in [0.25, 0.3) is 5.91 Å². The van der Waals surface area contributed by atoms with Crippen molar-refractivity contribution in [1.82, 2.24) is 20.0 Å². The minimum absolute atomic E-state index is 0.0687. The van der Waals surface area contributed by atoms with Crippen LogP contribution in [-0.4, -0.2) is 58.1 Å². The smallest absolute Gasteiger partial charge is 0.271 e. The number of hydrogen-bond acceptors (Lipinski definition) is 3. The van der Waals surface area contributed by atoms with Crippen molar-refractivity contribution in [1.29, 1.82) is 0 Å². The van der Waals surface area contributed by atoms with E-state index in [0.717, 1.165) is 43.5 Å². The standard InChI is InChI=1S/C21H28N4O/c1-16-7-9-17(10-8-16)19-15-20(23-22-19)21(26)25-13-11-24(12-14-25)18-5-3-2-4-6-18/h7-10,15,18H,2-6,11-14H2,1H3,(H,22,23). The average molecular weight is 352 g/mol. The molecule has 1 saturated carbocycles. The number of rotatable bonds is 3. The topological polar surface area (TPSA) is 52.2 Å². The van der Waals surface area contributed by atoms with Gasteiger partial charge >= 0.3 is 0 Å². The molecule has 138 valence electrons. The van der Waals surface area contributed by atoms with Crippen LogP contribution in [0.15, 0.2) is 30.3 Å². The van der Waals surface area contributed by atoms with E-state index in [-0.39, 0.29) is 5.91 Å². The van der Waals surface area contributed by atoms with Gasteiger partial charge in [-0.3, -0.25) is 14.8 Å². The number of aromatic nitrogens is 2. The highest BCUT2D eigenvalue weighted by atomic mass is 16.2. The molecular formula is C21H28N4O. The Labute approximate surface area is 155 Å². The summed E-state index contributed by atoms with van der Waals surface area (Å²) in [5, 5.41) is 7.27. The van der Waals surface area contributed by atoms with Crippen LogP contribution >= 0.6 is 0 Å². The van der Waals surface area contributed by atoms with Crippen LogP contribution in [0, 0.1) is 6.92 Å². The van der Waals surface area contributed by atoms with E-state index in [2.05, 4.69) is 34.2 Å². The van der Waals surface area contributed by atoms with Crippen LogP contribution in [0.1, 0.15) is 48.2 Å². The highest BCUT2D eigenvalue weighted by molar-refractivity contribution is 5.93. The molecule has 5 heteroatoms. The van der Waals surface area contributed by atoms with Gasteiger partial charge < -0.3 is 4.90 Å². The van der Waals surface area contributed by atoms with Crippen molar-refractivity contribution in [3.8, 4) is 11.3 Å². The van der Waals surface area contributed by atoms with Gasteiger partial charge in [0.15, 0.2) is 0 Å². The van der Waals surface area contributed by atoms with Crippen molar-refractivity contribution in [3.63, 3.8) is 0 Å². The second-order valence-corrected chi connectivity index (χ2v) is 7.65. The van der Waals surface area contributed by atoms with Gasteiger partial charge in [0.1, 0.15) is 5.69 Å². The first-order chi connectivity index (χ1) is 12.7. The first-order valence-corrected chi connectivity index (χ1v) is 9.86. The molecule has 1 aromatic heterocycles. The molecule has 2 heterocycles. The van der Waals surface area contributed by atoms with E-state index in [0.29, 0.717) is 5.69 Å². The fraction of sp³-hybridized carbons (Fsp3) is 0.524. The number of H-pyrrole nitrogens is 1. The summed E-state index contributed by atoms with van der Waals surface area (Å²) in [6.07, 6.45) is 6.76. The Balaban J connectivity index is 1.37. The van der Waals surface area contributed by atoms with Crippen molar-refractivity contribution >= 4 is 5.91 Å². The summed E-state index contributed by atoms with van der Waals surface area (Å²) in [5.74, 6) is 0.0687. The van der Waals surface area contributed by atoms with Crippen molar-refractivity contribution in [2.75, 3.05) is 26.2 Å². The number of nitrogens with one attached hydrogen (secondary N) is 1. The molecule has 1 aliphatic heterocycles. The van der Waals surface area contributed by atoms with Gasteiger partial charge in [-0.2, -0.15) is 5.10 Å². The Morgan fingerprint density at radius 2 is 1.73 bits per heavy atom. The van der Waals surface area contributed by atoms with Crippen molar-refractivity contribution in [3.05, 3.63) is 41.6 Å². The molecule has 0 unspecified atom stereocenters. The van der Waals surface area contributed by atoms with Crippen LogP contribution in [-0.2, 0) is 0 Å². The summed E-state index contributed by atoms with van der Waals surface area (Å²) < 4.78 is 0. The molecule has 26 heavy (non-hydrogen) atoms. The van der Waals surface area contributed by atoms with Gasteiger partial charge in [0.2, 0.25) is 0 Å². The predicted molar refractivity (Wildman–Crippen MR) is 103 cm³/mol. The molecule has 1 aliphatic carbocycles. The van der Waals surface area contributed by atoms with E-state index in [4.69, 9.17) is 0 Å². The fourth-order valence-corrected chi connectivity index (χ4v) is 4.21. The number of aromatic amines is 1. The summed E-state index contributed by atoms with van der Waals surface area (Å²) in [6, 6.07) is 10.8. The van der Waals surface area contributed by atoms with E-state index in [1.165, 1.54) is 37.7 Å². The lowest BCUT2D eigenvalue weighted by molar-refractivity contribution is 0.0518. The van der Waals surface area contributed by atoms with E-state index in [9.17, 15) is 4.79 Å². The summed E-state index contributed by atoms with van der Waals surface area (Å²) in [6.45, 7) is 5.68. The minimum atomic E-state index is 0.0687. The third kappa shape index (κ3) is 3.68. The third-order valence-corrected chi connectivity index (χ3v) is 5.85. The minimum Gasteiger partial charge on any atom is -0.335 e. The maximum Gasteiger partial charge on any atom is 0.271 e. The zero-order valence-electron chi connectivity index (χ0n) is 15.6. The molecule has 0 atom stereocenters. The zero-order chi connectivity index (χ0) is 17.9. The number of aryl methyl sites for hydroxylation is 1. The number of hydrogen-bond donors (Lipinski definition) is 1. The monoisotopic (exact) mass is 352 g/mol. The first-order valence-electron chi connectivity index (χ1n) is 9.86. The number of nitrogens with zero attached hydrogens (tertiary/aromatic N) is 3. The predicted octanol–water partition coefficient (Wildman–Crippen LogP) is 3.48. The zero-order valence-corrected chi connectivity index (χ0v) is 15.6. The van der Waals surface area contributed by atoms with Crippen LogP contribution in [0.4, 0.5) is 0 Å². The lowest BCUT2D eigenvalue weighted by atomic mass is 9.94. The summed E-state index contributed by atoms with van der Waals surface area (Å²) in [4.78, 5) is 17.4. The summed E-state index contributed by atoms with van der Waals surface area (Å²) in [5.41, 5.74) is 3.67. The largest absolute Gasteiger partial charge is 0.335 e. The number of carbonyl (C=O) groups excluding carboxylic acids is 1. The van der Waals surface area contributed by atoms with Gasteiger partial charge in [0, 0.05) is 37.8 Å². The van der Waals surface area contributed by atoms with Gasteiger partial charge in [0.05, 0.1) is 5.69 Å². The van der Waals surface area contributed by atoms with Crippen LogP contribution in [0.2, 0.25) is 0 Å². The van der Waals surface area contributed by atoms with Crippen molar-refractivity contribution in [2.24, 2.45) is 0 Å². The quantitative estimate of drug-likeness (QED) is 0.920. The molecule has 1 aromatic carbocycles. The molecule has 0 bridgehead atoms. The Morgan fingerprint density at radius 3 is 2.42 bits per heavy atom. The average Bonchev–Trinajstić information content (AvgIpc) is 3.19. The molecule has 2 fully saturated rings. The van der Waals surface area contributed by atoms with Gasteiger partial charge in [-0.05, 0) is 25.8 Å². The van der Waals surface area contributed by atoms with Crippen LogP contribution < -0.4 is 0 Å². The van der Waals surface area contributed by atoms with Crippen molar-refractivity contribution < 1.29 is 4.79 Å². The lowest BCUT2D eigenvalue weighted by Gasteiger charge is -2.40. The maximum absolute atomic E-state index is 12.8. The van der Waals surface area contributed by atoms with Crippen LogP contribution in [0.25, 0.3) is 11.3 Å². The van der Waals surface area contributed by atoms with E-state index in [1.807, 2.05) is 23.1 Å². The van der Waals surface area contributed by atoms with E-state index >= 15 is 0 Å². The number of amides is 1. The molecule has 2 aromatic rings. The Hall–Kier alpha value is -2.14. The molecule has 1 amide bonds. The second-order valence-electron chi connectivity index (χ2n) is 7.65. The Bertz CT molecular complexity index is 738. The second kappa shape index (κ2) is 7.62. The molecule has 1 N–H and O–H groups in total. The van der Waals surface area contributed by atoms with E-state index in [1.54, 1.807) is 0 Å². The van der Waals surface area contributed by atoms with Gasteiger partial charge in [-0.15, -0.1) is 0 Å². The highest BCUT2D eigenvalue weighted by Gasteiger charge is 2.28. The molecule has 0 radical (unpaired) electrons. The highest BCUT2D eigenvalue weighted by Crippen LogP contribution is 2.24. The van der Waals surface area contributed by atoms with Crippen LogP contribution in [0.5, 0.6) is 0 Å². The molecule has 2 aliphatic rings. The normalized spacial score (nSPS) is 19.7. The van der Waals surface area contributed by atoms with E-state index < -0.39 is 0 Å². The molecule has 4 rings (SSSR count). The SMILES string of the molecule is Cc1ccc(-c2cc(C(=O)N3CCN(C4CCCCC4)CC3)[nH]n2)cc1. The molecular weight excluding hydrogens is 324 g/mol. The third-order valence-electron chi connectivity index (χ3n) is 5.85.